The first-order valence-corrected chi connectivity index (χ1v) is 6.90. The second-order valence-electron chi connectivity index (χ2n) is 4.10. The van der Waals surface area contributed by atoms with Gasteiger partial charge in [0, 0.05) is 12.5 Å². The molecule has 0 aromatic heterocycles. The van der Waals surface area contributed by atoms with Gasteiger partial charge >= 0.3 is 5.97 Å². The summed E-state index contributed by atoms with van der Waals surface area (Å²) in [5, 5.41) is 8.42. The van der Waals surface area contributed by atoms with Gasteiger partial charge in [-0.05, 0) is 17.5 Å². The summed E-state index contributed by atoms with van der Waals surface area (Å²) in [6, 6.07) is 7.84. The topological polar surface area (TPSA) is 83.5 Å². The standard InChI is InChI=1S/C11H13NO4S/c13-11(14)7-17(15,16)12-6-9-5-8-3-1-2-4-10(8)9/h1-4,9,12H,5-7H2,(H,13,14). The zero-order valence-corrected chi connectivity index (χ0v) is 9.90. The molecular weight excluding hydrogens is 242 g/mol. The van der Waals surface area contributed by atoms with Crippen LogP contribution in [0, 0.1) is 0 Å². The van der Waals surface area contributed by atoms with Gasteiger partial charge in [-0.15, -0.1) is 0 Å². The number of rotatable bonds is 5. The third-order valence-electron chi connectivity index (χ3n) is 2.82. The van der Waals surface area contributed by atoms with E-state index in [0.29, 0.717) is 0 Å². The van der Waals surface area contributed by atoms with Crippen molar-refractivity contribution in [2.45, 2.75) is 12.3 Å². The van der Waals surface area contributed by atoms with Gasteiger partial charge in [-0.2, -0.15) is 0 Å². The lowest BCUT2D eigenvalue weighted by Crippen LogP contribution is -2.36. The van der Waals surface area contributed by atoms with Crippen LogP contribution < -0.4 is 4.72 Å². The van der Waals surface area contributed by atoms with E-state index in [-0.39, 0.29) is 12.5 Å². The number of aliphatic carboxylic acids is 1. The van der Waals surface area contributed by atoms with Crippen molar-refractivity contribution in [1.29, 1.82) is 0 Å². The molecule has 5 nitrogen and oxygen atoms in total. The lowest BCUT2D eigenvalue weighted by atomic mass is 9.78. The maximum atomic E-state index is 11.3. The predicted molar refractivity (Wildman–Crippen MR) is 62.3 cm³/mol. The van der Waals surface area contributed by atoms with E-state index in [0.717, 1.165) is 12.0 Å². The Morgan fingerprint density at radius 3 is 2.76 bits per heavy atom. The average molecular weight is 255 g/mol. The minimum Gasteiger partial charge on any atom is -0.480 e. The van der Waals surface area contributed by atoms with Gasteiger partial charge in [-0.3, -0.25) is 4.79 Å². The quantitative estimate of drug-likeness (QED) is 0.794. The number of fused-ring (bicyclic) bond motifs is 1. The largest absolute Gasteiger partial charge is 0.480 e. The van der Waals surface area contributed by atoms with E-state index >= 15 is 0 Å². The summed E-state index contributed by atoms with van der Waals surface area (Å²) in [5.41, 5.74) is 2.38. The first kappa shape index (κ1) is 12.1. The predicted octanol–water partition coefficient (Wildman–Crippen LogP) is 0.330. The zero-order valence-electron chi connectivity index (χ0n) is 9.09. The first-order chi connectivity index (χ1) is 7.98. The Kier molecular flexibility index (Phi) is 3.17. The highest BCUT2D eigenvalue weighted by Crippen LogP contribution is 2.34. The molecule has 0 radical (unpaired) electrons. The van der Waals surface area contributed by atoms with Crippen LogP contribution in [0.2, 0.25) is 0 Å². The molecule has 6 heteroatoms. The molecule has 2 N–H and O–H groups in total. The lowest BCUT2D eigenvalue weighted by molar-refractivity contribution is -0.134. The molecule has 0 amide bonds. The highest BCUT2D eigenvalue weighted by molar-refractivity contribution is 7.90. The number of carboxylic acid groups (broad SMARTS) is 1. The van der Waals surface area contributed by atoms with Crippen LogP contribution in [-0.2, 0) is 21.2 Å². The Bertz CT molecular complexity index is 538. The molecule has 1 aromatic rings. The molecule has 0 spiro atoms. The maximum Gasteiger partial charge on any atom is 0.320 e. The van der Waals surface area contributed by atoms with Crippen molar-refractivity contribution >= 4 is 16.0 Å². The van der Waals surface area contributed by atoms with Gasteiger partial charge in [0.15, 0.2) is 5.75 Å². The molecule has 2 rings (SSSR count). The van der Waals surface area contributed by atoms with Crippen LogP contribution >= 0.6 is 0 Å². The molecule has 0 saturated heterocycles. The van der Waals surface area contributed by atoms with Crippen LogP contribution in [0.4, 0.5) is 0 Å². The minimum absolute atomic E-state index is 0.162. The Hall–Kier alpha value is -1.40. The molecule has 0 fully saturated rings. The van der Waals surface area contributed by atoms with E-state index in [2.05, 4.69) is 4.72 Å². The summed E-state index contributed by atoms with van der Waals surface area (Å²) in [7, 11) is -3.70. The van der Waals surface area contributed by atoms with Gasteiger partial charge in [-0.1, -0.05) is 24.3 Å². The zero-order chi connectivity index (χ0) is 12.5. The van der Waals surface area contributed by atoms with Crippen LogP contribution in [0.3, 0.4) is 0 Å². The van der Waals surface area contributed by atoms with Gasteiger partial charge in [0.1, 0.15) is 0 Å². The highest BCUT2D eigenvalue weighted by Gasteiger charge is 2.27. The number of hydrogen-bond acceptors (Lipinski definition) is 3. The summed E-state index contributed by atoms with van der Waals surface area (Å²) in [5.74, 6) is -2.05. The van der Waals surface area contributed by atoms with Gasteiger partial charge in [0.2, 0.25) is 10.0 Å². The van der Waals surface area contributed by atoms with Crippen LogP contribution in [0.1, 0.15) is 17.0 Å². The van der Waals surface area contributed by atoms with Crippen LogP contribution in [-0.4, -0.2) is 31.8 Å². The van der Waals surface area contributed by atoms with Crippen molar-refractivity contribution in [1.82, 2.24) is 4.72 Å². The summed E-state index contributed by atoms with van der Waals surface area (Å²) < 4.78 is 24.9. The van der Waals surface area contributed by atoms with Crippen molar-refractivity contribution < 1.29 is 18.3 Å². The molecule has 0 aliphatic heterocycles. The molecule has 17 heavy (non-hydrogen) atoms. The highest BCUT2D eigenvalue weighted by atomic mass is 32.2. The SMILES string of the molecule is O=C(O)CS(=O)(=O)NCC1Cc2ccccc21. The number of sulfonamides is 1. The first-order valence-electron chi connectivity index (χ1n) is 5.25. The second kappa shape index (κ2) is 4.46. The van der Waals surface area contributed by atoms with E-state index < -0.39 is 21.7 Å². The van der Waals surface area contributed by atoms with E-state index in [9.17, 15) is 13.2 Å². The Morgan fingerprint density at radius 2 is 2.12 bits per heavy atom. The number of benzene rings is 1. The number of hydrogen-bond donors (Lipinski definition) is 2. The Morgan fingerprint density at radius 1 is 1.41 bits per heavy atom. The third kappa shape index (κ3) is 2.83. The molecular formula is C11H13NO4S. The molecule has 0 saturated carbocycles. The normalized spacial score (nSPS) is 18.2. The molecule has 1 atom stereocenters. The number of carboxylic acids is 1. The fourth-order valence-electron chi connectivity index (χ4n) is 1.99. The van der Waals surface area contributed by atoms with Crippen LogP contribution in [0.25, 0.3) is 0 Å². The molecule has 1 aromatic carbocycles. The molecule has 1 aliphatic carbocycles. The van der Waals surface area contributed by atoms with E-state index in [1.165, 1.54) is 5.56 Å². The molecule has 0 bridgehead atoms. The third-order valence-corrected chi connectivity index (χ3v) is 4.06. The molecule has 0 heterocycles. The summed E-state index contributed by atoms with van der Waals surface area (Å²) in [4.78, 5) is 10.3. The van der Waals surface area contributed by atoms with Crippen molar-refractivity contribution in [2.24, 2.45) is 0 Å². The number of carbonyl (C=O) groups is 1. The minimum atomic E-state index is -3.70. The van der Waals surface area contributed by atoms with Crippen LogP contribution in [0.5, 0.6) is 0 Å². The Balaban J connectivity index is 1.92. The van der Waals surface area contributed by atoms with Crippen molar-refractivity contribution in [3.63, 3.8) is 0 Å². The Labute approximate surface area is 99.5 Å². The summed E-state index contributed by atoms with van der Waals surface area (Å²) in [6.07, 6.45) is 0.839. The van der Waals surface area contributed by atoms with Crippen molar-refractivity contribution in [3.05, 3.63) is 35.4 Å². The fourth-order valence-corrected chi connectivity index (χ4v) is 2.87. The van der Waals surface area contributed by atoms with Gasteiger partial charge in [0.05, 0.1) is 0 Å². The van der Waals surface area contributed by atoms with Gasteiger partial charge < -0.3 is 5.11 Å². The summed E-state index contributed by atoms with van der Waals surface area (Å²) in [6.45, 7) is 0.270. The van der Waals surface area contributed by atoms with E-state index in [1.807, 2.05) is 24.3 Å². The lowest BCUT2D eigenvalue weighted by Gasteiger charge is -2.29. The second-order valence-corrected chi connectivity index (χ2v) is 5.91. The van der Waals surface area contributed by atoms with Crippen molar-refractivity contribution in [3.8, 4) is 0 Å². The van der Waals surface area contributed by atoms with E-state index in [1.54, 1.807) is 0 Å². The number of nitrogens with one attached hydrogen (secondary N) is 1. The average Bonchev–Trinajstić information content (AvgIpc) is 2.17. The van der Waals surface area contributed by atoms with Crippen LogP contribution in [0.15, 0.2) is 24.3 Å². The molecule has 1 unspecified atom stereocenters. The van der Waals surface area contributed by atoms with Gasteiger partial charge in [0.25, 0.3) is 0 Å². The smallest absolute Gasteiger partial charge is 0.320 e. The molecule has 92 valence electrons. The monoisotopic (exact) mass is 255 g/mol. The fraction of sp³-hybridized carbons (Fsp3) is 0.364. The van der Waals surface area contributed by atoms with E-state index in [4.69, 9.17) is 5.11 Å². The molecule has 1 aliphatic rings. The van der Waals surface area contributed by atoms with Crippen molar-refractivity contribution in [2.75, 3.05) is 12.3 Å². The summed E-state index contributed by atoms with van der Waals surface area (Å²) >= 11 is 0. The maximum absolute atomic E-state index is 11.3. The van der Waals surface area contributed by atoms with Gasteiger partial charge in [-0.25, -0.2) is 13.1 Å².